The van der Waals surface area contributed by atoms with Gasteiger partial charge in [0.05, 0.1) is 22.3 Å². The molecular formula is C16H16N2O5S2. The van der Waals surface area contributed by atoms with Gasteiger partial charge in [-0.05, 0) is 42.0 Å². The van der Waals surface area contributed by atoms with Crippen LogP contribution in [-0.2, 0) is 10.0 Å². The van der Waals surface area contributed by atoms with E-state index in [4.69, 9.17) is 4.74 Å². The van der Waals surface area contributed by atoms with Gasteiger partial charge in [0.25, 0.3) is 5.69 Å². The van der Waals surface area contributed by atoms with Gasteiger partial charge in [0.15, 0.2) is 0 Å². The zero-order chi connectivity index (χ0) is 18.0. The van der Waals surface area contributed by atoms with Crippen LogP contribution in [0.4, 0.5) is 5.69 Å². The molecule has 25 heavy (non-hydrogen) atoms. The third kappa shape index (κ3) is 3.48. The van der Waals surface area contributed by atoms with E-state index < -0.39 is 20.3 Å². The fraction of sp³-hybridized carbons (Fsp3) is 0.250. The SMILES string of the molecule is COc1ccc(S(=O)(=O)N2CCS[C@@H]2c2ccc([N+](=O)[O-])cc2)cc1. The summed E-state index contributed by atoms with van der Waals surface area (Å²) in [5, 5.41) is 10.4. The molecule has 0 spiro atoms. The Bertz CT molecular complexity index is 866. The number of sulfonamides is 1. The maximum absolute atomic E-state index is 13.0. The Morgan fingerprint density at radius 3 is 2.36 bits per heavy atom. The molecule has 7 nitrogen and oxygen atoms in total. The minimum atomic E-state index is -3.66. The lowest BCUT2D eigenvalue weighted by molar-refractivity contribution is -0.384. The molecule has 1 atom stereocenters. The van der Waals surface area contributed by atoms with Gasteiger partial charge in [-0.25, -0.2) is 8.42 Å². The first kappa shape index (κ1) is 17.7. The fourth-order valence-corrected chi connectivity index (χ4v) is 5.85. The molecule has 0 N–H and O–H groups in total. The molecule has 1 fully saturated rings. The summed E-state index contributed by atoms with van der Waals surface area (Å²) in [6, 6.07) is 12.3. The molecule has 0 aromatic heterocycles. The van der Waals surface area contributed by atoms with E-state index >= 15 is 0 Å². The van der Waals surface area contributed by atoms with Crippen molar-refractivity contribution in [2.24, 2.45) is 0 Å². The van der Waals surface area contributed by atoms with E-state index in [1.54, 1.807) is 24.3 Å². The number of non-ortho nitro benzene ring substituents is 1. The van der Waals surface area contributed by atoms with Crippen molar-refractivity contribution in [3.8, 4) is 5.75 Å². The molecule has 0 radical (unpaired) electrons. The highest BCUT2D eigenvalue weighted by Crippen LogP contribution is 2.41. The summed E-state index contributed by atoms with van der Waals surface area (Å²) >= 11 is 1.50. The second-order valence-corrected chi connectivity index (χ2v) is 8.44. The molecule has 1 aliphatic heterocycles. The van der Waals surface area contributed by atoms with Crippen LogP contribution in [0.3, 0.4) is 0 Å². The lowest BCUT2D eigenvalue weighted by atomic mass is 10.2. The Morgan fingerprint density at radius 1 is 1.16 bits per heavy atom. The van der Waals surface area contributed by atoms with Gasteiger partial charge in [-0.2, -0.15) is 4.31 Å². The third-order valence-corrected chi connectivity index (χ3v) is 7.18. The predicted octanol–water partition coefficient (Wildman–Crippen LogP) is 3.04. The van der Waals surface area contributed by atoms with Gasteiger partial charge in [-0.15, -0.1) is 11.8 Å². The fourth-order valence-electron chi connectivity index (χ4n) is 2.61. The summed E-state index contributed by atoms with van der Waals surface area (Å²) in [5.41, 5.74) is 0.710. The van der Waals surface area contributed by atoms with Gasteiger partial charge >= 0.3 is 0 Å². The van der Waals surface area contributed by atoms with Gasteiger partial charge in [-0.3, -0.25) is 10.1 Å². The third-order valence-electron chi connectivity index (χ3n) is 3.90. The van der Waals surface area contributed by atoms with Crippen LogP contribution in [0, 0.1) is 10.1 Å². The Balaban J connectivity index is 1.90. The number of ether oxygens (including phenoxy) is 1. The summed E-state index contributed by atoms with van der Waals surface area (Å²) in [6.45, 7) is 0.390. The van der Waals surface area contributed by atoms with E-state index in [1.165, 1.54) is 47.4 Å². The van der Waals surface area contributed by atoms with Crippen LogP contribution in [0.2, 0.25) is 0 Å². The molecule has 1 heterocycles. The second-order valence-electron chi connectivity index (χ2n) is 5.36. The van der Waals surface area contributed by atoms with Gasteiger partial charge < -0.3 is 4.74 Å². The van der Waals surface area contributed by atoms with Crippen LogP contribution in [0.25, 0.3) is 0 Å². The van der Waals surface area contributed by atoms with Crippen molar-refractivity contribution >= 4 is 27.5 Å². The number of methoxy groups -OCH3 is 1. The molecule has 0 amide bonds. The molecule has 9 heteroatoms. The molecule has 0 unspecified atom stereocenters. The van der Waals surface area contributed by atoms with Crippen molar-refractivity contribution in [2.75, 3.05) is 19.4 Å². The van der Waals surface area contributed by atoms with Gasteiger partial charge in [0.1, 0.15) is 5.75 Å². The highest BCUT2D eigenvalue weighted by molar-refractivity contribution is 8.01. The first-order chi connectivity index (χ1) is 11.9. The quantitative estimate of drug-likeness (QED) is 0.585. The summed E-state index contributed by atoms with van der Waals surface area (Å²) in [4.78, 5) is 10.5. The summed E-state index contributed by atoms with van der Waals surface area (Å²) < 4.78 is 32.4. The average Bonchev–Trinajstić information content (AvgIpc) is 3.12. The van der Waals surface area contributed by atoms with E-state index in [2.05, 4.69) is 0 Å². The minimum absolute atomic E-state index is 0.0173. The van der Waals surface area contributed by atoms with Crippen molar-refractivity contribution in [3.05, 3.63) is 64.2 Å². The number of thioether (sulfide) groups is 1. The van der Waals surface area contributed by atoms with Crippen LogP contribution >= 0.6 is 11.8 Å². The number of hydrogen-bond acceptors (Lipinski definition) is 6. The molecule has 3 rings (SSSR count). The number of rotatable bonds is 5. The molecular weight excluding hydrogens is 364 g/mol. The van der Waals surface area contributed by atoms with E-state index in [1.807, 2.05) is 0 Å². The van der Waals surface area contributed by atoms with E-state index in [0.717, 1.165) is 5.56 Å². The van der Waals surface area contributed by atoms with Crippen LogP contribution < -0.4 is 4.74 Å². The molecule has 2 aromatic carbocycles. The van der Waals surface area contributed by atoms with E-state index in [-0.39, 0.29) is 10.6 Å². The number of nitrogens with zero attached hydrogens (tertiary/aromatic N) is 2. The molecule has 2 aromatic rings. The lowest BCUT2D eigenvalue weighted by Crippen LogP contribution is -2.30. The van der Waals surface area contributed by atoms with Gasteiger partial charge in [0, 0.05) is 24.4 Å². The maximum Gasteiger partial charge on any atom is 0.269 e. The Kier molecular flexibility index (Phi) is 4.98. The average molecular weight is 380 g/mol. The Labute approximate surface area is 149 Å². The summed E-state index contributed by atoms with van der Waals surface area (Å²) in [6.07, 6.45) is 0. The first-order valence-electron chi connectivity index (χ1n) is 7.45. The molecule has 0 aliphatic carbocycles. The molecule has 1 aliphatic rings. The number of hydrogen-bond donors (Lipinski definition) is 0. The van der Waals surface area contributed by atoms with Crippen LogP contribution in [0.5, 0.6) is 5.75 Å². The van der Waals surface area contributed by atoms with Crippen molar-refractivity contribution in [3.63, 3.8) is 0 Å². The highest BCUT2D eigenvalue weighted by Gasteiger charge is 2.37. The first-order valence-corrected chi connectivity index (χ1v) is 9.94. The van der Waals surface area contributed by atoms with Crippen molar-refractivity contribution < 1.29 is 18.1 Å². The zero-order valence-corrected chi connectivity index (χ0v) is 15.0. The standard InChI is InChI=1S/C16H16N2O5S2/c1-23-14-6-8-15(9-7-14)25(21,22)17-10-11-24-16(17)12-2-4-13(5-3-12)18(19)20/h2-9,16H,10-11H2,1H3/t16-/m1/s1. The van der Waals surface area contributed by atoms with Gasteiger partial charge in [0.2, 0.25) is 10.0 Å². The predicted molar refractivity (Wildman–Crippen MR) is 95.2 cm³/mol. The zero-order valence-electron chi connectivity index (χ0n) is 13.4. The van der Waals surface area contributed by atoms with E-state index in [9.17, 15) is 18.5 Å². The normalized spacial score (nSPS) is 18.2. The summed E-state index contributed by atoms with van der Waals surface area (Å²) in [5.74, 6) is 1.25. The Morgan fingerprint density at radius 2 is 1.80 bits per heavy atom. The number of nitro benzene ring substituents is 1. The minimum Gasteiger partial charge on any atom is -0.497 e. The Hall–Kier alpha value is -2.10. The molecule has 1 saturated heterocycles. The second kappa shape index (κ2) is 7.03. The van der Waals surface area contributed by atoms with E-state index in [0.29, 0.717) is 18.0 Å². The van der Waals surface area contributed by atoms with Crippen LogP contribution in [-0.4, -0.2) is 37.1 Å². The number of benzene rings is 2. The molecule has 0 saturated carbocycles. The van der Waals surface area contributed by atoms with Crippen LogP contribution in [0.15, 0.2) is 53.4 Å². The smallest absolute Gasteiger partial charge is 0.269 e. The van der Waals surface area contributed by atoms with Crippen molar-refractivity contribution in [1.29, 1.82) is 0 Å². The van der Waals surface area contributed by atoms with Crippen LogP contribution in [0.1, 0.15) is 10.9 Å². The van der Waals surface area contributed by atoms with Gasteiger partial charge in [-0.1, -0.05) is 0 Å². The maximum atomic E-state index is 13.0. The monoisotopic (exact) mass is 380 g/mol. The van der Waals surface area contributed by atoms with Crippen molar-refractivity contribution in [2.45, 2.75) is 10.3 Å². The topological polar surface area (TPSA) is 89.8 Å². The number of nitro groups is 1. The summed E-state index contributed by atoms with van der Waals surface area (Å²) in [7, 11) is -2.15. The largest absolute Gasteiger partial charge is 0.497 e. The highest BCUT2D eigenvalue weighted by atomic mass is 32.2. The molecule has 132 valence electrons. The van der Waals surface area contributed by atoms with Crippen molar-refractivity contribution in [1.82, 2.24) is 4.31 Å². The lowest BCUT2D eigenvalue weighted by Gasteiger charge is -2.23. The molecule has 0 bridgehead atoms.